The van der Waals surface area contributed by atoms with E-state index in [0.717, 1.165) is 23.5 Å². The topological polar surface area (TPSA) is 87.9 Å². The Morgan fingerprint density at radius 3 is 2.73 bits per heavy atom. The molecule has 1 aliphatic rings. The van der Waals surface area contributed by atoms with Crippen LogP contribution in [0.5, 0.6) is 0 Å². The van der Waals surface area contributed by atoms with E-state index in [2.05, 4.69) is 4.98 Å². The molecule has 3 rings (SSSR count). The van der Waals surface area contributed by atoms with Crippen molar-refractivity contribution in [3.63, 3.8) is 0 Å². The molecule has 0 bridgehead atoms. The lowest BCUT2D eigenvalue weighted by Crippen LogP contribution is -2.16. The third-order valence-electron chi connectivity index (χ3n) is 4.25. The quantitative estimate of drug-likeness (QED) is 0.783. The molecule has 0 spiro atoms. The first-order valence-electron chi connectivity index (χ1n) is 7.69. The first kappa shape index (κ1) is 18.8. The Hall–Kier alpha value is -1.99. The van der Waals surface area contributed by atoms with Gasteiger partial charge in [-0.1, -0.05) is 0 Å². The lowest BCUT2D eigenvalue weighted by atomic mass is 9.95. The number of aromatic nitrogens is 1. The lowest BCUT2D eigenvalue weighted by Gasteiger charge is -2.09. The van der Waals surface area contributed by atoms with Gasteiger partial charge in [-0.3, -0.25) is 4.79 Å². The number of carbonyl (C=O) groups excluding carboxylic acids is 1. The molecule has 5 nitrogen and oxygen atoms in total. The largest absolute Gasteiger partial charge is 0.416 e. The van der Waals surface area contributed by atoms with Gasteiger partial charge in [0.2, 0.25) is 0 Å². The number of halogens is 3. The van der Waals surface area contributed by atoms with Crippen LogP contribution < -0.4 is 0 Å². The first-order chi connectivity index (χ1) is 12.1. The highest BCUT2D eigenvalue weighted by Crippen LogP contribution is 2.35. The van der Waals surface area contributed by atoms with Crippen molar-refractivity contribution >= 4 is 37.2 Å². The number of rotatable bonds is 4. The van der Waals surface area contributed by atoms with Gasteiger partial charge in [0.05, 0.1) is 33.4 Å². The number of carbonyl (C=O) groups is 1. The van der Waals surface area contributed by atoms with Crippen molar-refractivity contribution in [2.75, 3.05) is 11.5 Å². The van der Waals surface area contributed by atoms with E-state index in [4.69, 9.17) is 0 Å². The number of nitriles is 1. The maximum atomic E-state index is 12.8. The van der Waals surface area contributed by atoms with E-state index < -0.39 is 33.3 Å². The van der Waals surface area contributed by atoms with Crippen LogP contribution in [0.1, 0.15) is 29.3 Å². The second kappa shape index (κ2) is 6.63. The molecule has 0 aliphatic carbocycles. The normalized spacial score (nSPS) is 20.8. The molecule has 0 unspecified atom stereocenters. The SMILES string of the molecule is N#C[C@@H](C(=O)C[C@H]1CCS(=O)(=O)C1)c1nc2cc(C(F)(F)F)ccc2s1. The molecule has 26 heavy (non-hydrogen) atoms. The molecular formula is C16H13F3N2O3S2. The van der Waals surface area contributed by atoms with Crippen molar-refractivity contribution in [2.45, 2.75) is 24.9 Å². The number of nitrogens with zero attached hydrogens (tertiary/aromatic N) is 2. The molecule has 10 heteroatoms. The highest BCUT2D eigenvalue weighted by molar-refractivity contribution is 7.91. The van der Waals surface area contributed by atoms with Gasteiger partial charge in [0.15, 0.2) is 21.5 Å². The van der Waals surface area contributed by atoms with Crippen LogP contribution in [-0.4, -0.2) is 30.7 Å². The number of fused-ring (bicyclic) bond motifs is 1. The number of hydrogen-bond acceptors (Lipinski definition) is 6. The van der Waals surface area contributed by atoms with Gasteiger partial charge in [-0.2, -0.15) is 18.4 Å². The molecular weight excluding hydrogens is 389 g/mol. The third-order valence-corrected chi connectivity index (χ3v) is 7.18. The summed E-state index contributed by atoms with van der Waals surface area (Å²) in [6.07, 6.45) is -4.18. The average molecular weight is 402 g/mol. The van der Waals surface area contributed by atoms with Gasteiger partial charge in [-0.15, -0.1) is 11.3 Å². The number of ketones is 1. The number of thiazole rings is 1. The van der Waals surface area contributed by atoms with E-state index in [9.17, 15) is 31.6 Å². The predicted octanol–water partition coefficient (Wildman–Crippen LogP) is 3.32. The van der Waals surface area contributed by atoms with Crippen LogP contribution in [0.2, 0.25) is 0 Å². The minimum Gasteiger partial charge on any atom is -0.298 e. The Bertz CT molecular complexity index is 1010. The summed E-state index contributed by atoms with van der Waals surface area (Å²) >= 11 is 0.995. The Labute approximate surface area is 151 Å². The Kier molecular flexibility index (Phi) is 4.79. The van der Waals surface area contributed by atoms with Crippen LogP contribution in [0.25, 0.3) is 10.2 Å². The van der Waals surface area contributed by atoms with E-state index in [0.29, 0.717) is 11.1 Å². The summed E-state index contributed by atoms with van der Waals surface area (Å²) in [4.78, 5) is 16.5. The zero-order valence-electron chi connectivity index (χ0n) is 13.3. The monoisotopic (exact) mass is 402 g/mol. The number of Topliss-reactive ketones (excluding diaryl/α,β-unsaturated/α-hetero) is 1. The van der Waals surface area contributed by atoms with Gasteiger partial charge in [0.1, 0.15) is 5.01 Å². The zero-order valence-corrected chi connectivity index (χ0v) is 14.9. The van der Waals surface area contributed by atoms with E-state index >= 15 is 0 Å². The Balaban J connectivity index is 1.83. The van der Waals surface area contributed by atoms with Crippen LogP contribution in [0.3, 0.4) is 0 Å². The number of sulfone groups is 1. The lowest BCUT2D eigenvalue weighted by molar-refractivity contribution is -0.137. The molecule has 1 fully saturated rings. The van der Waals surface area contributed by atoms with Crippen molar-refractivity contribution in [3.05, 3.63) is 28.8 Å². The number of alkyl halides is 3. The summed E-state index contributed by atoms with van der Waals surface area (Å²) < 4.78 is 61.8. The summed E-state index contributed by atoms with van der Waals surface area (Å²) in [5.41, 5.74) is -0.769. The maximum absolute atomic E-state index is 12.8. The van der Waals surface area contributed by atoms with Gasteiger partial charge in [-0.05, 0) is 30.5 Å². The van der Waals surface area contributed by atoms with Gasteiger partial charge in [0, 0.05) is 6.42 Å². The van der Waals surface area contributed by atoms with Gasteiger partial charge < -0.3 is 0 Å². The van der Waals surface area contributed by atoms with Crippen LogP contribution in [0.15, 0.2) is 18.2 Å². The standard InChI is InChI=1S/C16H13F3N2O3S2/c17-16(18,19)10-1-2-14-12(6-10)21-15(25-14)11(7-20)13(22)5-9-3-4-26(23,24)8-9/h1-2,6,9,11H,3-5,8H2/t9-,11+/m1/s1. The van der Waals surface area contributed by atoms with Crippen molar-refractivity contribution < 1.29 is 26.4 Å². The Morgan fingerprint density at radius 2 is 2.15 bits per heavy atom. The second-order valence-electron chi connectivity index (χ2n) is 6.23. The van der Waals surface area contributed by atoms with Gasteiger partial charge >= 0.3 is 6.18 Å². The first-order valence-corrected chi connectivity index (χ1v) is 10.3. The van der Waals surface area contributed by atoms with Crippen molar-refractivity contribution in [1.82, 2.24) is 4.98 Å². The summed E-state index contributed by atoms with van der Waals surface area (Å²) in [7, 11) is -3.13. The predicted molar refractivity (Wildman–Crippen MR) is 89.4 cm³/mol. The molecule has 2 atom stereocenters. The van der Waals surface area contributed by atoms with E-state index in [1.54, 1.807) is 0 Å². The fourth-order valence-corrected chi connectivity index (χ4v) is 5.82. The molecule has 0 amide bonds. The summed E-state index contributed by atoms with van der Waals surface area (Å²) in [5, 5.41) is 9.47. The molecule has 0 saturated carbocycles. The van der Waals surface area contributed by atoms with Crippen LogP contribution in [-0.2, 0) is 20.8 Å². The van der Waals surface area contributed by atoms with Crippen molar-refractivity contribution in [2.24, 2.45) is 5.92 Å². The molecule has 1 aliphatic heterocycles. The summed E-state index contributed by atoms with van der Waals surface area (Å²) in [5.74, 6) is -2.03. The van der Waals surface area contributed by atoms with E-state index in [-0.39, 0.29) is 34.4 Å². The fraction of sp³-hybridized carbons (Fsp3) is 0.438. The zero-order chi connectivity index (χ0) is 19.1. The van der Waals surface area contributed by atoms with Crippen molar-refractivity contribution in [1.29, 1.82) is 5.26 Å². The highest BCUT2D eigenvalue weighted by Gasteiger charge is 2.34. The van der Waals surface area contributed by atoms with Crippen LogP contribution >= 0.6 is 11.3 Å². The maximum Gasteiger partial charge on any atom is 0.416 e. The summed E-state index contributed by atoms with van der Waals surface area (Å²) in [6.45, 7) is 0. The fourth-order valence-electron chi connectivity index (χ4n) is 2.95. The molecule has 0 N–H and O–H groups in total. The average Bonchev–Trinajstić information content (AvgIpc) is 3.09. The van der Waals surface area contributed by atoms with Gasteiger partial charge in [-0.25, -0.2) is 13.4 Å². The third kappa shape index (κ3) is 3.88. The van der Waals surface area contributed by atoms with E-state index in [1.807, 2.05) is 6.07 Å². The van der Waals surface area contributed by atoms with Gasteiger partial charge in [0.25, 0.3) is 0 Å². The van der Waals surface area contributed by atoms with Crippen LogP contribution in [0.4, 0.5) is 13.2 Å². The number of benzene rings is 1. The number of hydrogen-bond donors (Lipinski definition) is 0. The molecule has 2 aromatic rings. The van der Waals surface area contributed by atoms with Crippen molar-refractivity contribution in [3.8, 4) is 6.07 Å². The smallest absolute Gasteiger partial charge is 0.298 e. The second-order valence-corrected chi connectivity index (χ2v) is 9.52. The molecule has 138 valence electrons. The molecule has 1 aromatic carbocycles. The highest BCUT2D eigenvalue weighted by atomic mass is 32.2. The minimum absolute atomic E-state index is 0.0313. The molecule has 1 saturated heterocycles. The summed E-state index contributed by atoms with van der Waals surface area (Å²) in [6, 6.07) is 4.93. The molecule has 2 heterocycles. The molecule has 0 radical (unpaired) electrons. The van der Waals surface area contributed by atoms with Crippen LogP contribution in [0, 0.1) is 17.2 Å². The Morgan fingerprint density at radius 1 is 1.42 bits per heavy atom. The van der Waals surface area contributed by atoms with E-state index in [1.165, 1.54) is 6.07 Å². The minimum atomic E-state index is -4.50. The molecule has 1 aromatic heterocycles.